The Morgan fingerprint density at radius 3 is 2.87 bits per heavy atom. The molecule has 1 rings (SSSR count). The smallest absolute Gasteiger partial charge is 0.252 e. The van der Waals surface area contributed by atoms with Crippen molar-refractivity contribution in [2.24, 2.45) is 5.73 Å². The third-order valence-electron chi connectivity index (χ3n) is 1.77. The lowest BCUT2D eigenvalue weighted by Gasteiger charge is -2.08. The van der Waals surface area contributed by atoms with Gasteiger partial charge in [0.15, 0.2) is 0 Å². The van der Waals surface area contributed by atoms with Crippen molar-refractivity contribution >= 4 is 17.5 Å². The standard InChI is InChI=1S/C10H12ClNO3/c11-7-2-3-9(15-5-1-4-13)8(6-7)10(12)14/h2-3,6,13H,1,4-5H2,(H2,12,14). The lowest BCUT2D eigenvalue weighted by molar-refractivity contribution is 0.0996. The number of amides is 1. The van der Waals surface area contributed by atoms with E-state index in [-0.39, 0.29) is 12.2 Å². The summed E-state index contributed by atoms with van der Waals surface area (Å²) in [5.41, 5.74) is 5.41. The van der Waals surface area contributed by atoms with Gasteiger partial charge >= 0.3 is 0 Å². The van der Waals surface area contributed by atoms with Crippen molar-refractivity contribution < 1.29 is 14.6 Å². The van der Waals surface area contributed by atoms with Crippen LogP contribution in [0.3, 0.4) is 0 Å². The number of hydrogen-bond donors (Lipinski definition) is 2. The largest absolute Gasteiger partial charge is 0.493 e. The topological polar surface area (TPSA) is 72.6 Å². The molecule has 5 heteroatoms. The average Bonchev–Trinajstić information content (AvgIpc) is 2.20. The van der Waals surface area contributed by atoms with Crippen LogP contribution in [0.2, 0.25) is 5.02 Å². The van der Waals surface area contributed by atoms with Gasteiger partial charge in [-0.1, -0.05) is 11.6 Å². The number of halogens is 1. The van der Waals surface area contributed by atoms with Crippen LogP contribution >= 0.6 is 11.6 Å². The van der Waals surface area contributed by atoms with Crippen molar-refractivity contribution in [3.63, 3.8) is 0 Å². The number of aliphatic hydroxyl groups excluding tert-OH is 1. The molecule has 0 aliphatic rings. The van der Waals surface area contributed by atoms with Crippen LogP contribution in [0.15, 0.2) is 18.2 Å². The summed E-state index contributed by atoms with van der Waals surface area (Å²) in [6, 6.07) is 4.65. The van der Waals surface area contributed by atoms with Crippen LogP contribution < -0.4 is 10.5 Å². The number of carbonyl (C=O) groups excluding carboxylic acids is 1. The molecule has 0 bridgehead atoms. The van der Waals surface area contributed by atoms with E-state index >= 15 is 0 Å². The number of primary amides is 1. The Bertz CT molecular complexity index is 355. The van der Waals surface area contributed by atoms with E-state index in [1.54, 1.807) is 12.1 Å². The lowest BCUT2D eigenvalue weighted by atomic mass is 10.2. The second-order valence-electron chi connectivity index (χ2n) is 2.93. The molecule has 0 saturated carbocycles. The van der Waals surface area contributed by atoms with E-state index in [1.165, 1.54) is 6.07 Å². The van der Waals surface area contributed by atoms with Gasteiger partial charge in [0.05, 0.1) is 12.2 Å². The van der Waals surface area contributed by atoms with Crippen LogP contribution in [0.25, 0.3) is 0 Å². The number of rotatable bonds is 5. The van der Waals surface area contributed by atoms with Crippen molar-refractivity contribution in [1.29, 1.82) is 0 Å². The zero-order valence-electron chi connectivity index (χ0n) is 8.07. The van der Waals surface area contributed by atoms with Crippen molar-refractivity contribution in [2.75, 3.05) is 13.2 Å². The Morgan fingerprint density at radius 1 is 1.53 bits per heavy atom. The van der Waals surface area contributed by atoms with Gasteiger partial charge in [-0.15, -0.1) is 0 Å². The molecule has 0 saturated heterocycles. The van der Waals surface area contributed by atoms with Crippen molar-refractivity contribution in [1.82, 2.24) is 0 Å². The number of aliphatic hydroxyl groups is 1. The second-order valence-corrected chi connectivity index (χ2v) is 3.37. The molecule has 0 radical (unpaired) electrons. The van der Waals surface area contributed by atoms with Gasteiger partial charge < -0.3 is 15.6 Å². The predicted octanol–water partition coefficient (Wildman–Crippen LogP) is 1.20. The Morgan fingerprint density at radius 2 is 2.27 bits per heavy atom. The van der Waals surface area contributed by atoms with E-state index in [0.29, 0.717) is 23.8 Å². The Kier molecular flexibility index (Phi) is 4.39. The summed E-state index contributed by atoms with van der Waals surface area (Å²) in [6.45, 7) is 0.373. The van der Waals surface area contributed by atoms with Crippen LogP contribution in [-0.4, -0.2) is 24.2 Å². The molecule has 0 aromatic heterocycles. The van der Waals surface area contributed by atoms with Gasteiger partial charge in [0.25, 0.3) is 5.91 Å². The fourth-order valence-electron chi connectivity index (χ4n) is 1.07. The van der Waals surface area contributed by atoms with Gasteiger partial charge in [0, 0.05) is 18.1 Å². The van der Waals surface area contributed by atoms with E-state index < -0.39 is 5.91 Å². The molecular formula is C10H12ClNO3. The summed E-state index contributed by atoms with van der Waals surface area (Å²) < 4.78 is 5.27. The first-order valence-electron chi connectivity index (χ1n) is 4.48. The minimum Gasteiger partial charge on any atom is -0.493 e. The summed E-state index contributed by atoms with van der Waals surface area (Å²) >= 11 is 5.72. The number of nitrogens with two attached hydrogens (primary N) is 1. The first-order valence-corrected chi connectivity index (χ1v) is 4.86. The Labute approximate surface area is 92.6 Å². The van der Waals surface area contributed by atoms with Crippen LogP contribution in [-0.2, 0) is 0 Å². The van der Waals surface area contributed by atoms with Crippen LogP contribution in [0, 0.1) is 0 Å². The average molecular weight is 230 g/mol. The van der Waals surface area contributed by atoms with Gasteiger partial charge in [-0.2, -0.15) is 0 Å². The Balaban J connectivity index is 2.81. The number of hydrogen-bond acceptors (Lipinski definition) is 3. The van der Waals surface area contributed by atoms with E-state index in [9.17, 15) is 4.79 Å². The fourth-order valence-corrected chi connectivity index (χ4v) is 1.24. The monoisotopic (exact) mass is 229 g/mol. The first kappa shape index (κ1) is 11.8. The van der Waals surface area contributed by atoms with E-state index in [1.807, 2.05) is 0 Å². The molecule has 4 nitrogen and oxygen atoms in total. The number of ether oxygens (including phenoxy) is 1. The molecule has 0 atom stereocenters. The van der Waals surface area contributed by atoms with Gasteiger partial charge in [-0.05, 0) is 18.2 Å². The molecule has 0 aliphatic heterocycles. The van der Waals surface area contributed by atoms with Gasteiger partial charge in [0.1, 0.15) is 5.75 Å². The number of benzene rings is 1. The molecule has 15 heavy (non-hydrogen) atoms. The summed E-state index contributed by atoms with van der Waals surface area (Å²) in [5, 5.41) is 9.00. The lowest BCUT2D eigenvalue weighted by Crippen LogP contribution is -2.13. The highest BCUT2D eigenvalue weighted by atomic mass is 35.5. The van der Waals surface area contributed by atoms with E-state index in [0.717, 1.165) is 0 Å². The minimum absolute atomic E-state index is 0.0412. The molecule has 1 aromatic carbocycles. The summed E-state index contributed by atoms with van der Waals surface area (Å²) in [6.07, 6.45) is 0.501. The van der Waals surface area contributed by atoms with E-state index in [2.05, 4.69) is 0 Å². The fraction of sp³-hybridized carbons (Fsp3) is 0.300. The van der Waals surface area contributed by atoms with Gasteiger partial charge in [-0.25, -0.2) is 0 Å². The molecule has 0 heterocycles. The maximum absolute atomic E-state index is 11.0. The maximum Gasteiger partial charge on any atom is 0.252 e. The first-order chi connectivity index (χ1) is 7.15. The number of carbonyl (C=O) groups is 1. The summed E-state index contributed by atoms with van der Waals surface area (Å²) in [4.78, 5) is 11.0. The normalized spacial score (nSPS) is 10.0. The molecule has 1 aromatic rings. The Hall–Kier alpha value is -1.26. The third kappa shape index (κ3) is 3.42. The highest BCUT2D eigenvalue weighted by Gasteiger charge is 2.09. The predicted molar refractivity (Wildman–Crippen MR) is 57.2 cm³/mol. The minimum atomic E-state index is -0.587. The molecule has 0 fully saturated rings. The molecular weight excluding hydrogens is 218 g/mol. The summed E-state index contributed by atoms with van der Waals surface area (Å²) in [5.74, 6) is -0.197. The zero-order chi connectivity index (χ0) is 11.3. The van der Waals surface area contributed by atoms with Crippen molar-refractivity contribution in [3.8, 4) is 5.75 Å². The third-order valence-corrected chi connectivity index (χ3v) is 2.00. The molecule has 0 aliphatic carbocycles. The van der Waals surface area contributed by atoms with Crippen molar-refractivity contribution in [2.45, 2.75) is 6.42 Å². The van der Waals surface area contributed by atoms with Crippen molar-refractivity contribution in [3.05, 3.63) is 28.8 Å². The molecule has 3 N–H and O–H groups in total. The second kappa shape index (κ2) is 5.58. The van der Waals surface area contributed by atoms with Crippen LogP contribution in [0.4, 0.5) is 0 Å². The molecule has 1 amide bonds. The molecule has 0 spiro atoms. The zero-order valence-corrected chi connectivity index (χ0v) is 8.83. The van der Waals surface area contributed by atoms with E-state index in [4.69, 9.17) is 27.2 Å². The SMILES string of the molecule is NC(=O)c1cc(Cl)ccc1OCCCO. The van der Waals surface area contributed by atoms with Crippen LogP contribution in [0.5, 0.6) is 5.75 Å². The highest BCUT2D eigenvalue weighted by molar-refractivity contribution is 6.31. The summed E-state index contributed by atoms with van der Waals surface area (Å²) in [7, 11) is 0. The molecule has 82 valence electrons. The van der Waals surface area contributed by atoms with Crippen LogP contribution in [0.1, 0.15) is 16.8 Å². The maximum atomic E-state index is 11.0. The molecule has 0 unspecified atom stereocenters. The van der Waals surface area contributed by atoms with Gasteiger partial charge in [0.2, 0.25) is 0 Å². The highest BCUT2D eigenvalue weighted by Crippen LogP contribution is 2.22. The quantitative estimate of drug-likeness (QED) is 0.746. The van der Waals surface area contributed by atoms with Gasteiger partial charge in [-0.3, -0.25) is 4.79 Å².